The molecule has 0 radical (unpaired) electrons. The minimum Gasteiger partial charge on any atom is -0.455 e. The number of anilines is 1. The fourth-order valence-electron chi connectivity index (χ4n) is 3.07. The number of esters is 1. The number of nitrogens with zero attached hydrogens (tertiary/aromatic N) is 1. The van der Waals surface area contributed by atoms with E-state index < -0.39 is 28.5 Å². The van der Waals surface area contributed by atoms with Crippen LogP contribution in [-0.2, 0) is 24.3 Å². The maximum atomic E-state index is 12.8. The molecule has 31 heavy (non-hydrogen) atoms. The Kier molecular flexibility index (Phi) is 8.36. The molecule has 3 rings (SSSR count). The predicted molar refractivity (Wildman–Crippen MR) is 121 cm³/mol. The van der Waals surface area contributed by atoms with Gasteiger partial charge in [-0.25, -0.2) is 8.42 Å². The summed E-state index contributed by atoms with van der Waals surface area (Å²) in [6.45, 7) is 0.535. The number of sulfonamides is 1. The summed E-state index contributed by atoms with van der Waals surface area (Å²) in [6.07, 6.45) is 2.71. The minimum absolute atomic E-state index is 0.0145. The summed E-state index contributed by atoms with van der Waals surface area (Å²) in [5.74, 6) is -1.09. The summed E-state index contributed by atoms with van der Waals surface area (Å²) < 4.78 is 32.0. The third kappa shape index (κ3) is 6.70. The first-order chi connectivity index (χ1) is 14.9. The van der Waals surface area contributed by atoms with Crippen LogP contribution in [0.1, 0.15) is 19.3 Å². The summed E-state index contributed by atoms with van der Waals surface area (Å²) in [4.78, 5) is 24.9. The standard InChI is InChI=1S/C21H23ClN2O5S2/c22-18-9-2-3-10-19(18)30-15-21(26)29-14-20(25)23-16-7-6-8-17(13-16)31(27,28)24-11-4-1-5-12-24/h2-3,6-10,13H,1,4-5,11-12,14-15H2,(H,23,25). The van der Waals surface area contributed by atoms with E-state index in [1.165, 1.54) is 28.2 Å². The van der Waals surface area contributed by atoms with Crippen molar-refractivity contribution in [2.75, 3.05) is 30.8 Å². The van der Waals surface area contributed by atoms with E-state index in [0.29, 0.717) is 23.8 Å². The van der Waals surface area contributed by atoms with E-state index in [4.69, 9.17) is 16.3 Å². The van der Waals surface area contributed by atoms with Crippen LogP contribution in [0.15, 0.2) is 58.3 Å². The van der Waals surface area contributed by atoms with Crippen molar-refractivity contribution in [2.24, 2.45) is 0 Å². The van der Waals surface area contributed by atoms with Gasteiger partial charge >= 0.3 is 5.97 Å². The molecular formula is C21H23ClN2O5S2. The molecule has 1 amide bonds. The molecule has 0 unspecified atom stereocenters. The molecule has 0 aromatic heterocycles. The van der Waals surface area contributed by atoms with Crippen LogP contribution in [0.2, 0.25) is 5.02 Å². The highest BCUT2D eigenvalue weighted by Crippen LogP contribution is 2.26. The van der Waals surface area contributed by atoms with Crippen molar-refractivity contribution in [3.8, 4) is 0 Å². The third-order valence-electron chi connectivity index (χ3n) is 4.62. The number of nitrogens with one attached hydrogen (secondary N) is 1. The lowest BCUT2D eigenvalue weighted by Gasteiger charge is -2.26. The van der Waals surface area contributed by atoms with Crippen LogP contribution in [-0.4, -0.2) is 50.0 Å². The Labute approximate surface area is 191 Å². The SMILES string of the molecule is O=C(COC(=O)CSc1ccccc1Cl)Nc1cccc(S(=O)(=O)N2CCCCC2)c1. The summed E-state index contributed by atoms with van der Waals surface area (Å²) in [5, 5.41) is 3.11. The molecule has 0 spiro atoms. The van der Waals surface area contributed by atoms with Crippen LogP contribution >= 0.6 is 23.4 Å². The molecule has 0 aliphatic carbocycles. The fourth-order valence-corrected chi connectivity index (χ4v) is 5.67. The summed E-state index contributed by atoms with van der Waals surface area (Å²) in [5.41, 5.74) is 0.324. The zero-order chi connectivity index (χ0) is 22.3. The molecule has 1 fully saturated rings. The van der Waals surface area contributed by atoms with Gasteiger partial charge in [0.2, 0.25) is 10.0 Å². The first-order valence-electron chi connectivity index (χ1n) is 9.79. The lowest BCUT2D eigenvalue weighted by Crippen LogP contribution is -2.35. The predicted octanol–water partition coefficient (Wildman–Crippen LogP) is 3.79. The Bertz CT molecular complexity index is 1040. The van der Waals surface area contributed by atoms with Gasteiger partial charge in [-0.2, -0.15) is 4.31 Å². The number of hydrogen-bond donors (Lipinski definition) is 1. The van der Waals surface area contributed by atoms with Gasteiger partial charge in [-0.3, -0.25) is 9.59 Å². The van der Waals surface area contributed by atoms with E-state index in [2.05, 4.69) is 5.32 Å². The van der Waals surface area contributed by atoms with E-state index in [9.17, 15) is 18.0 Å². The number of rotatable bonds is 8. The molecule has 10 heteroatoms. The van der Waals surface area contributed by atoms with Crippen molar-refractivity contribution < 1.29 is 22.7 Å². The van der Waals surface area contributed by atoms with Crippen LogP contribution in [0.25, 0.3) is 0 Å². The first kappa shape index (κ1) is 23.6. The van der Waals surface area contributed by atoms with Gasteiger partial charge in [0.15, 0.2) is 6.61 Å². The number of benzene rings is 2. The smallest absolute Gasteiger partial charge is 0.316 e. The number of amides is 1. The molecule has 0 atom stereocenters. The van der Waals surface area contributed by atoms with Gasteiger partial charge < -0.3 is 10.1 Å². The summed E-state index contributed by atoms with van der Waals surface area (Å²) >= 11 is 7.26. The van der Waals surface area contributed by atoms with Crippen LogP contribution in [0.4, 0.5) is 5.69 Å². The van der Waals surface area contributed by atoms with Gasteiger partial charge in [-0.1, -0.05) is 36.2 Å². The molecule has 1 aliphatic heterocycles. The van der Waals surface area contributed by atoms with Gasteiger partial charge in [-0.05, 0) is 43.2 Å². The van der Waals surface area contributed by atoms with Gasteiger partial charge in [0.1, 0.15) is 0 Å². The highest BCUT2D eigenvalue weighted by atomic mass is 35.5. The number of carbonyl (C=O) groups is 2. The van der Waals surface area contributed by atoms with Crippen LogP contribution in [0.3, 0.4) is 0 Å². The largest absolute Gasteiger partial charge is 0.455 e. The van der Waals surface area contributed by atoms with E-state index in [1.807, 2.05) is 6.07 Å². The van der Waals surface area contributed by atoms with E-state index in [-0.39, 0.29) is 10.6 Å². The van der Waals surface area contributed by atoms with E-state index >= 15 is 0 Å². The Morgan fingerprint density at radius 1 is 1.06 bits per heavy atom. The highest BCUT2D eigenvalue weighted by Gasteiger charge is 2.26. The maximum Gasteiger partial charge on any atom is 0.316 e. The number of piperidine rings is 1. The van der Waals surface area contributed by atoms with Gasteiger partial charge in [-0.15, -0.1) is 11.8 Å². The fraction of sp³-hybridized carbons (Fsp3) is 0.333. The topological polar surface area (TPSA) is 92.8 Å². The number of thioether (sulfide) groups is 1. The molecule has 2 aromatic carbocycles. The Balaban J connectivity index is 1.51. The zero-order valence-corrected chi connectivity index (χ0v) is 19.1. The lowest BCUT2D eigenvalue weighted by atomic mass is 10.2. The molecule has 0 bridgehead atoms. The van der Waals surface area contributed by atoms with Crippen molar-refractivity contribution in [1.29, 1.82) is 0 Å². The second-order valence-electron chi connectivity index (χ2n) is 6.92. The van der Waals surface area contributed by atoms with Crippen molar-refractivity contribution in [3.05, 3.63) is 53.6 Å². The number of carbonyl (C=O) groups excluding carboxylic acids is 2. The Hall–Kier alpha value is -2.07. The lowest BCUT2D eigenvalue weighted by molar-refractivity contribution is -0.144. The molecule has 1 N–H and O–H groups in total. The second kappa shape index (κ2) is 11.0. The first-order valence-corrected chi connectivity index (χ1v) is 12.6. The Morgan fingerprint density at radius 2 is 1.81 bits per heavy atom. The van der Waals surface area contributed by atoms with E-state index in [1.54, 1.807) is 30.3 Å². The number of halogens is 1. The molecule has 166 valence electrons. The number of ether oxygens (including phenoxy) is 1. The maximum absolute atomic E-state index is 12.8. The second-order valence-corrected chi connectivity index (χ2v) is 10.3. The summed E-state index contributed by atoms with van der Waals surface area (Å²) in [7, 11) is -3.60. The molecular weight excluding hydrogens is 460 g/mol. The minimum atomic E-state index is -3.60. The average Bonchev–Trinajstić information content (AvgIpc) is 2.78. The van der Waals surface area contributed by atoms with Gasteiger partial charge in [0.05, 0.1) is 15.7 Å². The van der Waals surface area contributed by atoms with Crippen molar-refractivity contribution in [2.45, 2.75) is 29.1 Å². The molecule has 0 saturated carbocycles. The summed E-state index contributed by atoms with van der Waals surface area (Å²) in [6, 6.07) is 13.2. The molecule has 1 aliphatic rings. The molecule has 1 saturated heterocycles. The normalized spacial score (nSPS) is 14.7. The van der Waals surface area contributed by atoms with Gasteiger partial charge in [0.25, 0.3) is 5.91 Å². The third-order valence-corrected chi connectivity index (χ3v) is 8.00. The van der Waals surface area contributed by atoms with Crippen molar-refractivity contribution >= 4 is 50.9 Å². The van der Waals surface area contributed by atoms with Crippen LogP contribution in [0, 0.1) is 0 Å². The van der Waals surface area contributed by atoms with Crippen LogP contribution in [0.5, 0.6) is 0 Å². The highest BCUT2D eigenvalue weighted by molar-refractivity contribution is 8.00. The Morgan fingerprint density at radius 3 is 2.55 bits per heavy atom. The number of hydrogen-bond acceptors (Lipinski definition) is 6. The van der Waals surface area contributed by atoms with E-state index in [0.717, 1.165) is 24.2 Å². The monoisotopic (exact) mass is 482 g/mol. The molecule has 2 aromatic rings. The quantitative estimate of drug-likeness (QED) is 0.454. The zero-order valence-electron chi connectivity index (χ0n) is 16.8. The molecule has 7 nitrogen and oxygen atoms in total. The molecule has 1 heterocycles. The van der Waals surface area contributed by atoms with Gasteiger partial charge in [0, 0.05) is 23.7 Å². The van der Waals surface area contributed by atoms with Crippen molar-refractivity contribution in [3.63, 3.8) is 0 Å². The van der Waals surface area contributed by atoms with Crippen molar-refractivity contribution in [1.82, 2.24) is 4.31 Å². The average molecular weight is 483 g/mol. The van der Waals surface area contributed by atoms with Crippen LogP contribution < -0.4 is 5.32 Å².